The molecule has 0 saturated heterocycles. The average molecular weight is 226 g/mol. The Morgan fingerprint density at radius 2 is 2.07 bits per heavy atom. The van der Waals surface area contributed by atoms with Crippen LogP contribution >= 0.6 is 11.6 Å². The van der Waals surface area contributed by atoms with Gasteiger partial charge in [-0.1, -0.05) is 5.21 Å². The molecular weight excluding hydrogens is 219 g/mol. The van der Waals surface area contributed by atoms with E-state index in [2.05, 4.69) is 10.3 Å². The van der Waals surface area contributed by atoms with Gasteiger partial charge >= 0.3 is 6.18 Å². The zero-order chi connectivity index (χ0) is 10.3. The van der Waals surface area contributed by atoms with Crippen molar-refractivity contribution < 1.29 is 13.2 Å². The normalized spacial score (nSPS) is 17.4. The zero-order valence-corrected chi connectivity index (χ0v) is 7.81. The Bertz CT molecular complexity index is 342. The van der Waals surface area contributed by atoms with E-state index in [-0.39, 0.29) is 17.6 Å². The standard InChI is InChI=1S/C7H7ClF3N3/c8-3-5-6(7(9,10)11)14(13-12-5)4-1-2-4/h4H,1-3H2. The van der Waals surface area contributed by atoms with Gasteiger partial charge in [0.2, 0.25) is 0 Å². The van der Waals surface area contributed by atoms with Crippen LogP contribution in [0.3, 0.4) is 0 Å². The summed E-state index contributed by atoms with van der Waals surface area (Å²) >= 11 is 5.36. The van der Waals surface area contributed by atoms with E-state index in [1.807, 2.05) is 0 Å². The van der Waals surface area contributed by atoms with Crippen molar-refractivity contribution in [3.8, 4) is 0 Å². The van der Waals surface area contributed by atoms with Crippen molar-refractivity contribution in [1.82, 2.24) is 15.0 Å². The Hall–Kier alpha value is -0.780. The first-order valence-electron chi connectivity index (χ1n) is 4.11. The minimum absolute atomic E-state index is 0.143. The Balaban J connectivity index is 2.45. The van der Waals surface area contributed by atoms with E-state index >= 15 is 0 Å². The van der Waals surface area contributed by atoms with Gasteiger partial charge in [-0.25, -0.2) is 4.68 Å². The summed E-state index contributed by atoms with van der Waals surface area (Å²) < 4.78 is 38.6. The fourth-order valence-electron chi connectivity index (χ4n) is 1.28. The van der Waals surface area contributed by atoms with E-state index in [4.69, 9.17) is 11.6 Å². The molecule has 78 valence electrons. The van der Waals surface area contributed by atoms with Crippen LogP contribution in [0.25, 0.3) is 0 Å². The molecule has 1 aromatic rings. The lowest BCUT2D eigenvalue weighted by atomic mass is 10.3. The third-order valence-electron chi connectivity index (χ3n) is 2.05. The molecule has 0 bridgehead atoms. The molecule has 0 aromatic carbocycles. The Kier molecular flexibility index (Phi) is 2.17. The van der Waals surface area contributed by atoms with Crippen molar-refractivity contribution >= 4 is 11.6 Å². The first-order chi connectivity index (χ1) is 6.54. The predicted octanol–water partition coefficient (Wildman–Crippen LogP) is 2.37. The van der Waals surface area contributed by atoms with Gasteiger partial charge < -0.3 is 0 Å². The number of hydrogen-bond acceptors (Lipinski definition) is 2. The van der Waals surface area contributed by atoms with E-state index in [1.54, 1.807) is 0 Å². The molecule has 0 N–H and O–H groups in total. The van der Waals surface area contributed by atoms with Gasteiger partial charge in [0.05, 0.1) is 11.9 Å². The molecule has 3 nitrogen and oxygen atoms in total. The summed E-state index contributed by atoms with van der Waals surface area (Å²) in [6.45, 7) is 0. The summed E-state index contributed by atoms with van der Waals surface area (Å²) in [7, 11) is 0. The first kappa shape index (κ1) is 9.76. The molecule has 2 rings (SSSR count). The van der Waals surface area contributed by atoms with Crippen LogP contribution in [-0.4, -0.2) is 15.0 Å². The zero-order valence-electron chi connectivity index (χ0n) is 7.05. The van der Waals surface area contributed by atoms with Gasteiger partial charge in [0.1, 0.15) is 5.69 Å². The lowest BCUT2D eigenvalue weighted by Crippen LogP contribution is -2.15. The lowest BCUT2D eigenvalue weighted by Gasteiger charge is -2.09. The fraction of sp³-hybridized carbons (Fsp3) is 0.714. The molecule has 0 atom stereocenters. The maximum atomic E-state index is 12.6. The highest BCUT2D eigenvalue weighted by Gasteiger charge is 2.42. The molecule has 1 fully saturated rings. The number of nitrogens with zero attached hydrogens (tertiary/aromatic N) is 3. The smallest absolute Gasteiger partial charge is 0.237 e. The van der Waals surface area contributed by atoms with Gasteiger partial charge in [-0.05, 0) is 12.8 Å². The molecule has 1 aromatic heterocycles. The van der Waals surface area contributed by atoms with Gasteiger partial charge in [-0.3, -0.25) is 0 Å². The quantitative estimate of drug-likeness (QED) is 0.724. The van der Waals surface area contributed by atoms with Crippen molar-refractivity contribution in [3.05, 3.63) is 11.4 Å². The van der Waals surface area contributed by atoms with Crippen molar-refractivity contribution in [1.29, 1.82) is 0 Å². The molecular formula is C7H7ClF3N3. The fourth-order valence-corrected chi connectivity index (χ4v) is 1.46. The second-order valence-corrected chi connectivity index (χ2v) is 3.46. The molecule has 1 heterocycles. The molecule has 0 spiro atoms. The number of hydrogen-bond donors (Lipinski definition) is 0. The monoisotopic (exact) mass is 225 g/mol. The molecule has 0 radical (unpaired) electrons. The first-order valence-corrected chi connectivity index (χ1v) is 4.64. The second kappa shape index (κ2) is 3.12. The van der Waals surface area contributed by atoms with Crippen molar-refractivity contribution in [2.24, 2.45) is 0 Å². The SMILES string of the molecule is FC(F)(F)c1c(CCl)nnn1C1CC1. The third-order valence-corrected chi connectivity index (χ3v) is 2.31. The number of rotatable bonds is 2. The van der Waals surface area contributed by atoms with Gasteiger partial charge in [-0.15, -0.1) is 16.7 Å². The number of halogens is 4. The van der Waals surface area contributed by atoms with Crippen LogP contribution in [-0.2, 0) is 12.1 Å². The lowest BCUT2D eigenvalue weighted by molar-refractivity contribution is -0.144. The second-order valence-electron chi connectivity index (χ2n) is 3.19. The topological polar surface area (TPSA) is 30.7 Å². The summed E-state index contributed by atoms with van der Waals surface area (Å²) in [6.07, 6.45) is -2.96. The third kappa shape index (κ3) is 1.58. The van der Waals surface area contributed by atoms with Gasteiger partial charge in [0.25, 0.3) is 0 Å². The van der Waals surface area contributed by atoms with Gasteiger partial charge in [0, 0.05) is 0 Å². The summed E-state index contributed by atoms with van der Waals surface area (Å²) in [5.74, 6) is -0.262. The Morgan fingerprint density at radius 3 is 2.50 bits per heavy atom. The number of aromatic nitrogens is 3. The molecule has 1 aliphatic rings. The molecule has 0 aliphatic heterocycles. The van der Waals surface area contributed by atoms with Crippen LogP contribution in [0, 0.1) is 0 Å². The molecule has 0 amide bonds. The maximum absolute atomic E-state index is 12.6. The minimum atomic E-state index is -4.42. The molecule has 14 heavy (non-hydrogen) atoms. The number of alkyl halides is 4. The van der Waals surface area contributed by atoms with Crippen molar-refractivity contribution in [2.75, 3.05) is 0 Å². The van der Waals surface area contributed by atoms with Crippen molar-refractivity contribution in [3.63, 3.8) is 0 Å². The molecule has 1 saturated carbocycles. The van der Waals surface area contributed by atoms with Crippen LogP contribution in [0.4, 0.5) is 13.2 Å². The Morgan fingerprint density at radius 1 is 1.43 bits per heavy atom. The largest absolute Gasteiger partial charge is 0.434 e. The van der Waals surface area contributed by atoms with Crippen LogP contribution in [0.15, 0.2) is 0 Å². The molecule has 0 unspecified atom stereocenters. The summed E-state index contributed by atoms with van der Waals surface area (Å²) in [5, 5.41) is 6.90. The summed E-state index contributed by atoms with van der Waals surface area (Å²) in [5.41, 5.74) is -0.985. The van der Waals surface area contributed by atoms with E-state index in [1.165, 1.54) is 0 Å². The van der Waals surface area contributed by atoms with Crippen LogP contribution in [0.1, 0.15) is 30.3 Å². The summed E-state index contributed by atoms with van der Waals surface area (Å²) in [6, 6.07) is -0.143. The van der Waals surface area contributed by atoms with Crippen LogP contribution in [0.2, 0.25) is 0 Å². The van der Waals surface area contributed by atoms with Crippen molar-refractivity contribution in [2.45, 2.75) is 30.9 Å². The van der Waals surface area contributed by atoms with E-state index in [9.17, 15) is 13.2 Å². The van der Waals surface area contributed by atoms with Gasteiger partial charge in [-0.2, -0.15) is 13.2 Å². The van der Waals surface area contributed by atoms with E-state index < -0.39 is 11.9 Å². The highest BCUT2D eigenvalue weighted by molar-refractivity contribution is 6.16. The molecule has 7 heteroatoms. The van der Waals surface area contributed by atoms with Crippen LogP contribution < -0.4 is 0 Å². The highest BCUT2D eigenvalue weighted by Crippen LogP contribution is 2.40. The van der Waals surface area contributed by atoms with Crippen LogP contribution in [0.5, 0.6) is 0 Å². The maximum Gasteiger partial charge on any atom is 0.434 e. The van der Waals surface area contributed by atoms with E-state index in [0.717, 1.165) is 17.5 Å². The Labute approximate surface area is 82.8 Å². The van der Waals surface area contributed by atoms with E-state index in [0.29, 0.717) is 0 Å². The molecule has 1 aliphatic carbocycles. The predicted molar refractivity (Wildman–Crippen MR) is 42.9 cm³/mol. The minimum Gasteiger partial charge on any atom is -0.237 e. The average Bonchev–Trinajstić information content (AvgIpc) is 2.82. The highest BCUT2D eigenvalue weighted by atomic mass is 35.5. The van der Waals surface area contributed by atoms with Gasteiger partial charge in [0.15, 0.2) is 5.69 Å². The summed E-state index contributed by atoms with van der Waals surface area (Å²) in [4.78, 5) is 0.